The monoisotopic (exact) mass is 353 g/mol. The van der Waals surface area contributed by atoms with Crippen molar-refractivity contribution in [3.8, 4) is 0 Å². The van der Waals surface area contributed by atoms with Gasteiger partial charge in [0.15, 0.2) is 0 Å². The highest BCUT2D eigenvalue weighted by Crippen LogP contribution is 2.35. The Hall–Kier alpha value is -3.15. The molecule has 0 atom stereocenters. The molecule has 4 rings (SSSR count). The summed E-state index contributed by atoms with van der Waals surface area (Å²) >= 11 is 0. The molecule has 0 saturated carbocycles. The van der Waals surface area contributed by atoms with Gasteiger partial charge in [0.2, 0.25) is 5.91 Å². The summed E-state index contributed by atoms with van der Waals surface area (Å²) in [4.78, 5) is 17.8. The van der Waals surface area contributed by atoms with E-state index in [4.69, 9.17) is 0 Å². The summed E-state index contributed by atoms with van der Waals surface area (Å²) in [5.74, 6) is -1.08. The Bertz CT molecular complexity index is 1030. The van der Waals surface area contributed by atoms with Crippen LogP contribution in [0.5, 0.6) is 0 Å². The van der Waals surface area contributed by atoms with E-state index in [0.29, 0.717) is 6.54 Å². The lowest BCUT2D eigenvalue weighted by atomic mass is 9.90. The highest BCUT2D eigenvalue weighted by atomic mass is 19.1. The number of aromatic amines is 2. The molecular formula is C20H17F2N3O. The second kappa shape index (κ2) is 6.29. The standard InChI is InChI=1S/C20H17F2N3O/c1-11(26)23-8-18(16-9-24-19-4-2-12(21)6-14(16)19)17-10-25-20-5-3-13(22)7-15(17)20/h2-7,9-10,18,24-25H,8H2,1H3,(H,23,26). The second-order valence-electron chi connectivity index (χ2n) is 6.36. The van der Waals surface area contributed by atoms with Crippen molar-refractivity contribution in [1.82, 2.24) is 15.3 Å². The molecule has 0 unspecified atom stereocenters. The Morgan fingerprint density at radius 1 is 0.962 bits per heavy atom. The van der Waals surface area contributed by atoms with E-state index >= 15 is 0 Å². The summed E-state index contributed by atoms with van der Waals surface area (Å²) in [6.07, 6.45) is 3.63. The van der Waals surface area contributed by atoms with Crippen molar-refractivity contribution >= 4 is 27.7 Å². The molecule has 4 aromatic rings. The molecule has 0 fully saturated rings. The number of benzene rings is 2. The molecule has 2 heterocycles. The largest absolute Gasteiger partial charge is 0.361 e. The molecular weight excluding hydrogens is 336 g/mol. The lowest BCUT2D eigenvalue weighted by molar-refractivity contribution is -0.118. The van der Waals surface area contributed by atoms with Crippen LogP contribution in [-0.4, -0.2) is 22.4 Å². The van der Waals surface area contributed by atoms with E-state index in [2.05, 4.69) is 15.3 Å². The average molecular weight is 353 g/mol. The molecule has 26 heavy (non-hydrogen) atoms. The van der Waals surface area contributed by atoms with Crippen LogP contribution in [0.4, 0.5) is 8.78 Å². The van der Waals surface area contributed by atoms with Gasteiger partial charge in [-0.05, 0) is 47.5 Å². The first-order chi connectivity index (χ1) is 12.5. The van der Waals surface area contributed by atoms with Gasteiger partial charge in [-0.1, -0.05) is 0 Å². The minimum Gasteiger partial charge on any atom is -0.361 e. The van der Waals surface area contributed by atoms with Crippen molar-refractivity contribution in [2.24, 2.45) is 0 Å². The maximum absolute atomic E-state index is 13.8. The van der Waals surface area contributed by atoms with Gasteiger partial charge < -0.3 is 15.3 Å². The quantitative estimate of drug-likeness (QED) is 0.506. The smallest absolute Gasteiger partial charge is 0.216 e. The number of hydrogen-bond acceptors (Lipinski definition) is 1. The minimum absolute atomic E-state index is 0.160. The number of H-pyrrole nitrogens is 2. The summed E-state index contributed by atoms with van der Waals surface area (Å²) in [6, 6.07) is 9.09. The number of rotatable bonds is 4. The van der Waals surface area contributed by atoms with E-state index in [1.165, 1.54) is 31.2 Å². The number of nitrogens with one attached hydrogen (secondary N) is 3. The lowest BCUT2D eigenvalue weighted by Crippen LogP contribution is -2.26. The van der Waals surface area contributed by atoms with Gasteiger partial charge in [-0.25, -0.2) is 8.78 Å². The van der Waals surface area contributed by atoms with E-state index in [9.17, 15) is 13.6 Å². The van der Waals surface area contributed by atoms with Crippen LogP contribution in [0.15, 0.2) is 48.8 Å². The van der Waals surface area contributed by atoms with Gasteiger partial charge in [0.1, 0.15) is 11.6 Å². The van der Waals surface area contributed by atoms with Crippen molar-refractivity contribution in [2.75, 3.05) is 6.54 Å². The third-order valence-electron chi connectivity index (χ3n) is 4.66. The first-order valence-corrected chi connectivity index (χ1v) is 8.30. The molecule has 0 aliphatic carbocycles. The molecule has 0 bridgehead atoms. The van der Waals surface area contributed by atoms with Gasteiger partial charge in [-0.3, -0.25) is 4.79 Å². The molecule has 1 amide bonds. The maximum atomic E-state index is 13.8. The zero-order valence-corrected chi connectivity index (χ0v) is 14.1. The van der Waals surface area contributed by atoms with Crippen LogP contribution >= 0.6 is 0 Å². The molecule has 3 N–H and O–H groups in total. The minimum atomic E-state index is -0.332. The van der Waals surface area contributed by atoms with Crippen LogP contribution in [-0.2, 0) is 4.79 Å². The second-order valence-corrected chi connectivity index (χ2v) is 6.36. The van der Waals surface area contributed by atoms with Gasteiger partial charge >= 0.3 is 0 Å². The van der Waals surface area contributed by atoms with Crippen LogP contribution in [0, 0.1) is 11.6 Å². The van der Waals surface area contributed by atoms with Crippen molar-refractivity contribution in [2.45, 2.75) is 12.8 Å². The van der Waals surface area contributed by atoms with Gasteiger partial charge in [0.05, 0.1) is 0 Å². The molecule has 0 spiro atoms. The van der Waals surface area contributed by atoms with E-state index < -0.39 is 0 Å². The molecule has 0 radical (unpaired) electrons. The molecule has 2 aromatic heterocycles. The topological polar surface area (TPSA) is 60.7 Å². The Morgan fingerprint density at radius 2 is 1.46 bits per heavy atom. The fourth-order valence-electron chi connectivity index (χ4n) is 3.44. The predicted molar refractivity (Wildman–Crippen MR) is 97.0 cm³/mol. The van der Waals surface area contributed by atoms with Crippen molar-refractivity contribution in [1.29, 1.82) is 0 Å². The third-order valence-corrected chi connectivity index (χ3v) is 4.66. The SMILES string of the molecule is CC(=O)NCC(c1c[nH]c2ccc(F)cc12)c1c[nH]c2ccc(F)cc12. The number of carbonyl (C=O) groups is 1. The van der Waals surface area contributed by atoms with Gasteiger partial charge in [-0.15, -0.1) is 0 Å². The molecule has 6 heteroatoms. The molecule has 0 aliphatic rings. The van der Waals surface area contributed by atoms with Crippen molar-refractivity contribution in [3.05, 3.63) is 71.6 Å². The van der Waals surface area contributed by atoms with Crippen LogP contribution in [0.25, 0.3) is 21.8 Å². The molecule has 132 valence electrons. The highest BCUT2D eigenvalue weighted by Gasteiger charge is 2.22. The van der Waals surface area contributed by atoms with Gasteiger partial charge in [0.25, 0.3) is 0 Å². The maximum Gasteiger partial charge on any atom is 0.216 e. The zero-order valence-electron chi connectivity index (χ0n) is 14.1. The Labute approximate surface area is 148 Å². The predicted octanol–water partition coefficient (Wildman–Crippen LogP) is 4.20. The number of fused-ring (bicyclic) bond motifs is 2. The van der Waals surface area contributed by atoms with E-state index in [-0.39, 0.29) is 23.5 Å². The van der Waals surface area contributed by atoms with Crippen LogP contribution in [0.2, 0.25) is 0 Å². The molecule has 0 saturated heterocycles. The average Bonchev–Trinajstić information content (AvgIpc) is 3.19. The zero-order chi connectivity index (χ0) is 18.3. The fraction of sp³-hybridized carbons (Fsp3) is 0.150. The molecule has 0 aliphatic heterocycles. The first kappa shape index (κ1) is 16.3. The molecule has 2 aromatic carbocycles. The van der Waals surface area contributed by atoms with E-state index in [0.717, 1.165) is 32.9 Å². The number of hydrogen-bond donors (Lipinski definition) is 3. The van der Waals surface area contributed by atoms with Crippen LogP contribution in [0.3, 0.4) is 0 Å². The number of aromatic nitrogens is 2. The van der Waals surface area contributed by atoms with Gasteiger partial charge in [0, 0.05) is 53.6 Å². The lowest BCUT2D eigenvalue weighted by Gasteiger charge is -2.17. The summed E-state index contributed by atoms with van der Waals surface area (Å²) in [5.41, 5.74) is 3.30. The Balaban J connectivity index is 1.89. The normalized spacial score (nSPS) is 11.5. The summed E-state index contributed by atoms with van der Waals surface area (Å²) in [6.45, 7) is 1.77. The number of carbonyl (C=O) groups excluding carboxylic acids is 1. The third kappa shape index (κ3) is 2.83. The highest BCUT2D eigenvalue weighted by molar-refractivity contribution is 5.88. The van der Waals surface area contributed by atoms with Crippen molar-refractivity contribution < 1.29 is 13.6 Å². The molecule has 4 nitrogen and oxygen atoms in total. The first-order valence-electron chi connectivity index (χ1n) is 8.30. The van der Waals surface area contributed by atoms with Crippen molar-refractivity contribution in [3.63, 3.8) is 0 Å². The van der Waals surface area contributed by atoms with Gasteiger partial charge in [-0.2, -0.15) is 0 Å². The number of halogens is 2. The Kier molecular flexibility index (Phi) is 3.95. The summed E-state index contributed by atoms with van der Waals surface area (Å²) in [7, 11) is 0. The van der Waals surface area contributed by atoms with E-state index in [1.54, 1.807) is 12.1 Å². The van der Waals surface area contributed by atoms with Crippen LogP contribution < -0.4 is 5.32 Å². The number of amides is 1. The summed E-state index contributed by atoms with van der Waals surface area (Å²) < 4.78 is 27.6. The van der Waals surface area contributed by atoms with Crippen LogP contribution in [0.1, 0.15) is 24.0 Å². The fourth-order valence-corrected chi connectivity index (χ4v) is 3.44. The summed E-state index contributed by atoms with van der Waals surface area (Å²) in [5, 5.41) is 4.31. The Morgan fingerprint density at radius 3 is 1.92 bits per heavy atom. The van der Waals surface area contributed by atoms with E-state index in [1.807, 2.05) is 12.4 Å².